The van der Waals surface area contributed by atoms with Gasteiger partial charge in [0.2, 0.25) is 0 Å². The van der Waals surface area contributed by atoms with E-state index in [9.17, 15) is 30.7 Å². The van der Waals surface area contributed by atoms with Crippen molar-refractivity contribution >= 4 is 0 Å². The summed E-state index contributed by atoms with van der Waals surface area (Å²) >= 11 is 0. The molecule has 0 heterocycles. The zero-order valence-electron chi connectivity index (χ0n) is 18.7. The fourth-order valence-corrected chi connectivity index (χ4v) is 3.92. The number of hydrogen-bond acceptors (Lipinski definition) is 0. The topological polar surface area (TPSA) is 0 Å². The molecule has 180 valence electrons. The lowest BCUT2D eigenvalue weighted by atomic mass is 9.93. The second-order valence-electron chi connectivity index (χ2n) is 8.38. The summed E-state index contributed by atoms with van der Waals surface area (Å²) in [4.78, 5) is 0. The van der Waals surface area contributed by atoms with Gasteiger partial charge in [0.15, 0.2) is 0 Å². The van der Waals surface area contributed by atoms with Crippen LogP contribution in [0.15, 0.2) is 72.8 Å². The highest BCUT2D eigenvalue weighted by molar-refractivity contribution is 5.74. The Kier molecular flexibility index (Phi) is 6.45. The quantitative estimate of drug-likeness (QED) is 0.251. The van der Waals surface area contributed by atoms with E-state index in [2.05, 4.69) is 0 Å². The van der Waals surface area contributed by atoms with E-state index >= 15 is 0 Å². The smallest absolute Gasteiger partial charge is 0.207 e. The van der Waals surface area contributed by atoms with E-state index in [1.54, 1.807) is 24.3 Å². The van der Waals surface area contributed by atoms with Crippen LogP contribution in [0.5, 0.6) is 0 Å². The summed E-state index contributed by atoms with van der Waals surface area (Å²) in [6, 6.07) is 17.9. The minimum Gasteiger partial charge on any atom is -0.207 e. The number of aryl methyl sites for hydroxylation is 1. The zero-order chi connectivity index (χ0) is 25.5. The molecule has 0 N–H and O–H groups in total. The van der Waals surface area contributed by atoms with Crippen LogP contribution in [-0.4, -0.2) is 6.18 Å². The summed E-state index contributed by atoms with van der Waals surface area (Å²) in [5.41, 5.74) is 1.24. The first-order chi connectivity index (χ1) is 16.5. The van der Waals surface area contributed by atoms with E-state index in [1.165, 1.54) is 0 Å². The van der Waals surface area contributed by atoms with Crippen molar-refractivity contribution in [1.29, 1.82) is 0 Å². The minimum atomic E-state index is -4.88. The molecule has 0 saturated carbocycles. The molecule has 0 aromatic heterocycles. The summed E-state index contributed by atoms with van der Waals surface area (Å²) in [5, 5.41) is 0. The number of halogens is 7. The third-order valence-electron chi connectivity index (χ3n) is 5.94. The highest BCUT2D eigenvalue weighted by Crippen LogP contribution is 2.39. The van der Waals surface area contributed by atoms with Gasteiger partial charge in [0.25, 0.3) is 0 Å². The molecule has 0 aliphatic rings. The van der Waals surface area contributed by atoms with Gasteiger partial charge in [-0.05, 0) is 65.9 Å². The monoisotopic (exact) mass is 488 g/mol. The maximum atomic E-state index is 14.9. The van der Waals surface area contributed by atoms with Gasteiger partial charge in [-0.2, -0.15) is 13.2 Å². The average Bonchev–Trinajstić information content (AvgIpc) is 2.78. The molecule has 1 atom stereocenters. The van der Waals surface area contributed by atoms with Gasteiger partial charge in [-0.15, -0.1) is 0 Å². The lowest BCUT2D eigenvalue weighted by Gasteiger charge is -2.18. The van der Waals surface area contributed by atoms with E-state index in [4.69, 9.17) is 0 Å². The summed E-state index contributed by atoms with van der Waals surface area (Å²) < 4.78 is 97.4. The molecule has 0 fully saturated rings. The Labute approximate surface area is 197 Å². The van der Waals surface area contributed by atoms with Gasteiger partial charge in [-0.1, -0.05) is 54.1 Å². The Morgan fingerprint density at radius 3 is 1.34 bits per heavy atom. The van der Waals surface area contributed by atoms with Crippen molar-refractivity contribution in [2.75, 3.05) is 0 Å². The van der Waals surface area contributed by atoms with Gasteiger partial charge in [-0.25, -0.2) is 17.6 Å². The van der Waals surface area contributed by atoms with Crippen LogP contribution in [0, 0.1) is 30.2 Å². The molecule has 0 bridgehead atoms. The molecule has 0 amide bonds. The molecule has 0 saturated heterocycles. The molecule has 0 aliphatic heterocycles. The van der Waals surface area contributed by atoms with Crippen molar-refractivity contribution in [2.24, 2.45) is 0 Å². The molecule has 7 heteroatoms. The largest absolute Gasteiger partial charge is 0.395 e. The third-order valence-corrected chi connectivity index (χ3v) is 5.94. The molecule has 0 nitrogen and oxygen atoms in total. The van der Waals surface area contributed by atoms with Crippen LogP contribution in [0.1, 0.15) is 24.0 Å². The average molecular weight is 488 g/mol. The van der Waals surface area contributed by atoms with Gasteiger partial charge < -0.3 is 0 Å². The van der Waals surface area contributed by atoms with Gasteiger partial charge in [-0.3, -0.25) is 0 Å². The van der Waals surface area contributed by atoms with Crippen LogP contribution >= 0.6 is 0 Å². The Hall–Kier alpha value is -3.61. The number of rotatable bonds is 4. The summed E-state index contributed by atoms with van der Waals surface area (Å²) in [5.74, 6) is -7.67. The second-order valence-corrected chi connectivity index (χ2v) is 8.38. The minimum absolute atomic E-state index is 0.197. The lowest BCUT2D eigenvalue weighted by molar-refractivity contribution is -0.147. The summed E-state index contributed by atoms with van der Waals surface area (Å²) in [6.45, 7) is 2.58. The van der Waals surface area contributed by atoms with Crippen molar-refractivity contribution in [3.63, 3.8) is 0 Å². The van der Waals surface area contributed by atoms with Gasteiger partial charge in [0.05, 0.1) is 11.5 Å². The number of alkyl halides is 3. The molecule has 0 aliphatic carbocycles. The molecule has 1 unspecified atom stereocenters. The summed E-state index contributed by atoms with van der Waals surface area (Å²) in [6.07, 6.45) is -4.88. The van der Waals surface area contributed by atoms with Crippen molar-refractivity contribution in [3.05, 3.63) is 107 Å². The number of hydrogen-bond donors (Lipinski definition) is 0. The van der Waals surface area contributed by atoms with Crippen LogP contribution in [0.2, 0.25) is 0 Å². The fourth-order valence-electron chi connectivity index (χ4n) is 3.92. The van der Waals surface area contributed by atoms with Gasteiger partial charge in [0.1, 0.15) is 23.3 Å². The molecule has 4 aromatic carbocycles. The van der Waals surface area contributed by atoms with E-state index in [0.717, 1.165) is 28.8 Å². The van der Waals surface area contributed by atoms with Crippen molar-refractivity contribution in [1.82, 2.24) is 0 Å². The predicted octanol–water partition coefficient (Wildman–Crippen LogP) is 9.22. The normalized spacial score (nSPS) is 12.6. The van der Waals surface area contributed by atoms with Crippen LogP contribution in [0.3, 0.4) is 0 Å². The first kappa shape index (κ1) is 24.5. The Morgan fingerprint density at radius 1 is 0.543 bits per heavy atom. The van der Waals surface area contributed by atoms with Crippen LogP contribution in [0.4, 0.5) is 30.7 Å². The maximum Gasteiger partial charge on any atom is 0.395 e. The number of benzene rings is 4. The lowest BCUT2D eigenvalue weighted by Crippen LogP contribution is -2.20. The SMILES string of the molecule is Cc1ccc(-c2ccc(-c3cc(F)c(-c4cc(F)c(C(C)C(F)(F)F)c(F)c4)c(F)c3)cc2)cc1. The first-order valence-electron chi connectivity index (χ1n) is 10.7. The van der Waals surface area contributed by atoms with Crippen molar-refractivity contribution in [2.45, 2.75) is 25.9 Å². The van der Waals surface area contributed by atoms with Gasteiger partial charge >= 0.3 is 6.18 Å². The Bertz CT molecular complexity index is 1320. The molecule has 35 heavy (non-hydrogen) atoms. The molecule has 4 rings (SSSR count). The molecule has 0 spiro atoms. The van der Waals surface area contributed by atoms with Crippen LogP contribution in [-0.2, 0) is 0 Å². The van der Waals surface area contributed by atoms with Crippen LogP contribution in [0.25, 0.3) is 33.4 Å². The first-order valence-corrected chi connectivity index (χ1v) is 10.7. The predicted molar refractivity (Wildman–Crippen MR) is 122 cm³/mol. The Morgan fingerprint density at radius 2 is 0.914 bits per heavy atom. The highest BCUT2D eigenvalue weighted by atomic mass is 19.4. The maximum absolute atomic E-state index is 14.9. The fraction of sp³-hybridized carbons (Fsp3) is 0.143. The van der Waals surface area contributed by atoms with Crippen LogP contribution < -0.4 is 0 Å². The highest BCUT2D eigenvalue weighted by Gasteiger charge is 2.40. The Balaban J connectivity index is 1.69. The third kappa shape index (κ3) is 4.94. The molecule has 0 radical (unpaired) electrons. The van der Waals surface area contributed by atoms with Crippen molar-refractivity contribution < 1.29 is 30.7 Å². The zero-order valence-corrected chi connectivity index (χ0v) is 18.7. The molecular formula is C28H19F7. The molecule has 4 aromatic rings. The molecular weight excluding hydrogens is 469 g/mol. The van der Waals surface area contributed by atoms with Gasteiger partial charge in [0, 0.05) is 5.56 Å². The van der Waals surface area contributed by atoms with E-state index in [0.29, 0.717) is 24.6 Å². The van der Waals surface area contributed by atoms with E-state index < -0.39 is 52.1 Å². The second kappa shape index (κ2) is 9.21. The van der Waals surface area contributed by atoms with E-state index in [-0.39, 0.29) is 5.56 Å². The summed E-state index contributed by atoms with van der Waals surface area (Å²) in [7, 11) is 0. The van der Waals surface area contributed by atoms with Crippen molar-refractivity contribution in [3.8, 4) is 33.4 Å². The van der Waals surface area contributed by atoms with E-state index in [1.807, 2.05) is 31.2 Å². The standard InChI is InChI=1S/C28H19F7/c1-15-3-5-17(6-4-15)18-7-9-19(10-8-18)20-11-24(31)27(25(32)12-20)21-13-22(29)26(23(30)14-21)16(2)28(33,34)35/h3-14,16H,1-2H3.